The van der Waals surface area contributed by atoms with Crippen molar-refractivity contribution in [2.45, 2.75) is 25.6 Å². The van der Waals surface area contributed by atoms with Crippen molar-refractivity contribution in [3.05, 3.63) is 29.5 Å². The van der Waals surface area contributed by atoms with Crippen molar-refractivity contribution in [3.63, 3.8) is 0 Å². The van der Waals surface area contributed by atoms with E-state index in [0.717, 1.165) is 31.6 Å². The van der Waals surface area contributed by atoms with Gasteiger partial charge in [0, 0.05) is 26.7 Å². The number of carbonyl (C=O) groups is 1. The van der Waals surface area contributed by atoms with Crippen LogP contribution in [0.5, 0.6) is 5.75 Å². The van der Waals surface area contributed by atoms with Gasteiger partial charge in [0.2, 0.25) is 0 Å². The summed E-state index contributed by atoms with van der Waals surface area (Å²) in [6.07, 6.45) is -1.84. The highest BCUT2D eigenvalue weighted by Gasteiger charge is 2.32. The van der Waals surface area contributed by atoms with Crippen LogP contribution in [0.2, 0.25) is 0 Å². The fourth-order valence-corrected chi connectivity index (χ4v) is 3.98. The maximum atomic E-state index is 13.0. The van der Waals surface area contributed by atoms with Gasteiger partial charge in [-0.3, -0.25) is 4.79 Å². The highest BCUT2D eigenvalue weighted by Crippen LogP contribution is 2.39. The molecule has 3 heterocycles. The van der Waals surface area contributed by atoms with E-state index >= 15 is 0 Å². The van der Waals surface area contributed by atoms with E-state index in [0.29, 0.717) is 29.0 Å². The summed E-state index contributed by atoms with van der Waals surface area (Å²) in [7, 11) is 5.74. The SMILES string of the molecule is Cc1cc(C(F)(F)F)cc(O)c1-c1nc2nc(N(C)[C@@H]3CCN(C)C3)cnc2n1C.O=CO. The van der Waals surface area contributed by atoms with Crippen LogP contribution in [-0.4, -0.2) is 74.3 Å². The van der Waals surface area contributed by atoms with Crippen LogP contribution in [0.4, 0.5) is 19.0 Å². The third-order valence-corrected chi connectivity index (χ3v) is 5.71. The molecule has 4 rings (SSSR count). The summed E-state index contributed by atoms with van der Waals surface area (Å²) in [6.45, 7) is 3.22. The van der Waals surface area contributed by atoms with Crippen molar-refractivity contribution in [1.82, 2.24) is 24.4 Å². The number of carboxylic acid groups (broad SMARTS) is 1. The number of hydrogen-bond acceptors (Lipinski definition) is 7. The molecule has 0 spiro atoms. The van der Waals surface area contributed by atoms with Gasteiger partial charge in [-0.25, -0.2) is 15.0 Å². The monoisotopic (exact) mass is 466 g/mol. The molecule has 1 fully saturated rings. The van der Waals surface area contributed by atoms with E-state index in [1.807, 2.05) is 7.05 Å². The molecule has 178 valence electrons. The molecule has 1 aliphatic heterocycles. The zero-order chi connectivity index (χ0) is 24.5. The van der Waals surface area contributed by atoms with E-state index in [1.54, 1.807) is 17.8 Å². The molecule has 0 bridgehead atoms. The van der Waals surface area contributed by atoms with Gasteiger partial charge in [0.1, 0.15) is 17.4 Å². The van der Waals surface area contributed by atoms with Gasteiger partial charge in [0.05, 0.1) is 17.3 Å². The van der Waals surface area contributed by atoms with Gasteiger partial charge >= 0.3 is 6.18 Å². The zero-order valence-electron chi connectivity index (χ0n) is 18.6. The standard InChI is InChI=1S/C20H23F3N6O.CH2O2/c1-11-7-12(20(21,22)23)8-14(30)16(11)18-26-17-19(29(18)4)24-9-15(25-17)28(3)13-5-6-27(2)10-13;2-1-3/h7-9,13,30H,5-6,10H2,1-4H3;1H,(H,2,3)/t13-;/m1./s1. The first-order valence-corrected chi connectivity index (χ1v) is 10.1. The van der Waals surface area contributed by atoms with Gasteiger partial charge in [0.15, 0.2) is 11.3 Å². The summed E-state index contributed by atoms with van der Waals surface area (Å²) in [5.74, 6) is 0.516. The first-order valence-electron chi connectivity index (χ1n) is 10.1. The molecule has 33 heavy (non-hydrogen) atoms. The minimum atomic E-state index is -4.54. The van der Waals surface area contributed by atoms with Crippen molar-refractivity contribution >= 4 is 23.6 Å². The summed E-state index contributed by atoms with van der Waals surface area (Å²) in [4.78, 5) is 26.3. The fourth-order valence-electron chi connectivity index (χ4n) is 3.98. The highest BCUT2D eigenvalue weighted by atomic mass is 19.4. The van der Waals surface area contributed by atoms with Gasteiger partial charge in [-0.2, -0.15) is 13.2 Å². The first kappa shape index (κ1) is 24.2. The summed E-state index contributed by atoms with van der Waals surface area (Å²) in [5, 5.41) is 17.2. The Bertz CT molecular complexity index is 1140. The molecular formula is C21H25F3N6O3. The molecule has 9 nitrogen and oxygen atoms in total. The van der Waals surface area contributed by atoms with E-state index in [4.69, 9.17) is 9.90 Å². The Hall–Kier alpha value is -3.41. The van der Waals surface area contributed by atoms with Gasteiger partial charge in [-0.05, 0) is 44.6 Å². The molecule has 0 amide bonds. The Morgan fingerprint density at radius 3 is 2.45 bits per heavy atom. The second kappa shape index (κ2) is 9.22. The Labute approximate surface area is 188 Å². The molecule has 1 saturated heterocycles. The van der Waals surface area contributed by atoms with Gasteiger partial charge in [-0.15, -0.1) is 0 Å². The van der Waals surface area contributed by atoms with Crippen LogP contribution < -0.4 is 4.90 Å². The topological polar surface area (TPSA) is 108 Å². The number of anilines is 1. The lowest BCUT2D eigenvalue weighted by molar-refractivity contribution is -0.137. The lowest BCUT2D eigenvalue weighted by atomic mass is 10.0. The molecule has 1 atom stereocenters. The van der Waals surface area contributed by atoms with Gasteiger partial charge in [-0.1, -0.05) is 0 Å². The number of halogens is 3. The van der Waals surface area contributed by atoms with Crippen LogP contribution in [0.3, 0.4) is 0 Å². The number of rotatable bonds is 3. The minimum absolute atomic E-state index is 0.234. The average Bonchev–Trinajstić information content (AvgIpc) is 3.30. The Morgan fingerprint density at radius 1 is 1.24 bits per heavy atom. The smallest absolute Gasteiger partial charge is 0.416 e. The highest BCUT2D eigenvalue weighted by molar-refractivity contribution is 5.79. The Balaban J connectivity index is 0.000000968. The molecule has 2 aromatic heterocycles. The quantitative estimate of drug-likeness (QED) is 0.568. The Kier molecular flexibility index (Phi) is 6.77. The zero-order valence-corrected chi connectivity index (χ0v) is 18.6. The number of alkyl halides is 3. The molecule has 0 saturated carbocycles. The molecular weight excluding hydrogens is 441 g/mol. The largest absolute Gasteiger partial charge is 0.507 e. The number of likely N-dealkylation sites (tertiary alicyclic amines) is 1. The van der Waals surface area contributed by atoms with Crippen molar-refractivity contribution in [1.29, 1.82) is 0 Å². The van der Waals surface area contributed by atoms with Crippen molar-refractivity contribution in [2.24, 2.45) is 7.05 Å². The number of aryl methyl sites for hydroxylation is 2. The summed E-state index contributed by atoms with van der Waals surface area (Å²) < 4.78 is 40.8. The van der Waals surface area contributed by atoms with Gasteiger partial charge < -0.3 is 24.6 Å². The third kappa shape index (κ3) is 4.85. The van der Waals surface area contributed by atoms with E-state index in [9.17, 15) is 18.3 Å². The molecule has 2 N–H and O–H groups in total. The summed E-state index contributed by atoms with van der Waals surface area (Å²) in [6, 6.07) is 2.05. The number of nitrogens with zero attached hydrogens (tertiary/aromatic N) is 6. The maximum Gasteiger partial charge on any atom is 0.416 e. The minimum Gasteiger partial charge on any atom is -0.507 e. The van der Waals surface area contributed by atoms with Crippen LogP contribution in [0.15, 0.2) is 18.3 Å². The number of imidazole rings is 1. The van der Waals surface area contributed by atoms with Crippen LogP contribution in [0.1, 0.15) is 17.5 Å². The number of hydrogen-bond donors (Lipinski definition) is 2. The van der Waals surface area contributed by atoms with Crippen LogP contribution in [0.25, 0.3) is 22.7 Å². The fraction of sp³-hybridized carbons (Fsp3) is 0.429. The Morgan fingerprint density at radius 2 is 1.91 bits per heavy atom. The molecule has 0 unspecified atom stereocenters. The van der Waals surface area contributed by atoms with Gasteiger partial charge in [0.25, 0.3) is 6.47 Å². The number of phenols is 1. The second-order valence-electron chi connectivity index (χ2n) is 7.98. The van der Waals surface area contributed by atoms with Crippen LogP contribution >= 0.6 is 0 Å². The molecule has 0 radical (unpaired) electrons. The van der Waals surface area contributed by atoms with E-state index in [-0.39, 0.29) is 17.6 Å². The van der Waals surface area contributed by atoms with E-state index in [2.05, 4.69) is 31.8 Å². The average molecular weight is 466 g/mol. The van der Waals surface area contributed by atoms with Crippen molar-refractivity contribution in [2.75, 3.05) is 32.1 Å². The molecule has 3 aromatic rings. The third-order valence-electron chi connectivity index (χ3n) is 5.71. The van der Waals surface area contributed by atoms with E-state index < -0.39 is 17.5 Å². The number of fused-ring (bicyclic) bond motifs is 1. The number of likely N-dealkylation sites (N-methyl/N-ethyl adjacent to an activating group) is 2. The van der Waals surface area contributed by atoms with Crippen LogP contribution in [0, 0.1) is 6.92 Å². The predicted molar refractivity (Wildman–Crippen MR) is 116 cm³/mol. The molecule has 12 heteroatoms. The summed E-state index contributed by atoms with van der Waals surface area (Å²) >= 11 is 0. The van der Waals surface area contributed by atoms with E-state index in [1.165, 1.54) is 6.92 Å². The number of aromatic nitrogens is 4. The second-order valence-corrected chi connectivity index (χ2v) is 7.98. The number of phenolic OH excluding ortho intramolecular Hbond substituents is 1. The lowest BCUT2D eigenvalue weighted by Gasteiger charge is -2.24. The number of benzene rings is 1. The van der Waals surface area contributed by atoms with Crippen LogP contribution in [-0.2, 0) is 18.0 Å². The summed E-state index contributed by atoms with van der Waals surface area (Å²) in [5.41, 5.74) is 0.470. The predicted octanol–water partition coefficient (Wildman–Crippen LogP) is 2.90. The van der Waals surface area contributed by atoms with Crippen molar-refractivity contribution in [3.8, 4) is 17.1 Å². The van der Waals surface area contributed by atoms with Crippen molar-refractivity contribution < 1.29 is 28.2 Å². The number of aromatic hydroxyl groups is 1. The maximum absolute atomic E-state index is 13.0. The molecule has 1 aliphatic rings. The molecule has 1 aromatic carbocycles. The normalized spacial score (nSPS) is 16.5. The first-order chi connectivity index (χ1) is 15.5. The molecule has 0 aliphatic carbocycles. The lowest BCUT2D eigenvalue weighted by Crippen LogP contribution is -2.34.